The maximum Gasteiger partial charge on any atom is 0.319 e. The molecule has 0 bridgehead atoms. The van der Waals surface area contributed by atoms with Crippen molar-refractivity contribution < 1.29 is 9.59 Å². The van der Waals surface area contributed by atoms with Crippen molar-refractivity contribution in [2.45, 2.75) is 20.4 Å². The summed E-state index contributed by atoms with van der Waals surface area (Å²) in [6.45, 7) is 5.54. The highest BCUT2D eigenvalue weighted by Crippen LogP contribution is 2.08. The molecule has 0 heterocycles. The third-order valence-corrected chi connectivity index (χ3v) is 2.96. The van der Waals surface area contributed by atoms with E-state index < -0.39 is 6.03 Å². The van der Waals surface area contributed by atoms with Gasteiger partial charge < -0.3 is 21.3 Å². The van der Waals surface area contributed by atoms with E-state index in [2.05, 4.69) is 10.6 Å². The molecule has 0 radical (unpaired) electrons. The molecule has 0 spiro atoms. The predicted molar refractivity (Wildman–Crippen MR) is 79.3 cm³/mol. The zero-order valence-corrected chi connectivity index (χ0v) is 12.0. The highest BCUT2D eigenvalue weighted by atomic mass is 16.2. The number of nitrogens with two attached hydrogens (primary N) is 1. The molecule has 1 aromatic carbocycles. The van der Waals surface area contributed by atoms with Gasteiger partial charge in [-0.2, -0.15) is 0 Å². The summed E-state index contributed by atoms with van der Waals surface area (Å²) < 4.78 is 0. The van der Waals surface area contributed by atoms with Gasteiger partial charge in [-0.1, -0.05) is 12.1 Å². The van der Waals surface area contributed by atoms with E-state index in [1.165, 1.54) is 0 Å². The summed E-state index contributed by atoms with van der Waals surface area (Å²) in [6.07, 6.45) is 0. The van der Waals surface area contributed by atoms with Crippen LogP contribution in [0.15, 0.2) is 24.3 Å². The maximum atomic E-state index is 11.7. The fraction of sp³-hybridized carbons (Fsp3) is 0.429. The molecule has 6 heteroatoms. The number of nitrogens with one attached hydrogen (secondary N) is 2. The lowest BCUT2D eigenvalue weighted by Crippen LogP contribution is -2.41. The Balaban J connectivity index is 2.41. The molecule has 6 nitrogen and oxygen atoms in total. The molecule has 20 heavy (non-hydrogen) atoms. The van der Waals surface area contributed by atoms with Crippen LogP contribution in [-0.2, 0) is 11.3 Å². The molecule has 110 valence electrons. The molecule has 0 saturated carbocycles. The van der Waals surface area contributed by atoms with E-state index in [0.717, 1.165) is 5.56 Å². The van der Waals surface area contributed by atoms with Crippen LogP contribution in [0.3, 0.4) is 0 Å². The Morgan fingerprint density at radius 2 is 1.75 bits per heavy atom. The average molecular weight is 278 g/mol. The third kappa shape index (κ3) is 4.89. The summed E-state index contributed by atoms with van der Waals surface area (Å²) in [7, 11) is 0. The number of hydrogen-bond donors (Lipinski definition) is 3. The summed E-state index contributed by atoms with van der Waals surface area (Å²) >= 11 is 0. The lowest BCUT2D eigenvalue weighted by Gasteiger charge is -2.18. The molecule has 4 N–H and O–H groups in total. The van der Waals surface area contributed by atoms with Crippen LogP contribution in [-0.4, -0.2) is 36.5 Å². The van der Waals surface area contributed by atoms with Crippen LogP contribution < -0.4 is 16.4 Å². The smallest absolute Gasteiger partial charge is 0.319 e. The molecule has 3 amide bonds. The van der Waals surface area contributed by atoms with E-state index in [9.17, 15) is 9.59 Å². The Kier molecular flexibility index (Phi) is 6.52. The van der Waals surface area contributed by atoms with E-state index in [-0.39, 0.29) is 12.5 Å². The number of hydrogen-bond acceptors (Lipinski definition) is 3. The third-order valence-electron chi connectivity index (χ3n) is 2.96. The maximum absolute atomic E-state index is 11.7. The quantitative estimate of drug-likeness (QED) is 0.729. The molecule has 0 fully saturated rings. The van der Waals surface area contributed by atoms with Gasteiger partial charge in [-0.3, -0.25) is 4.79 Å². The van der Waals surface area contributed by atoms with Crippen molar-refractivity contribution in [2.75, 3.05) is 25.0 Å². The number of carbonyl (C=O) groups is 2. The first kappa shape index (κ1) is 16.0. The number of amides is 3. The molecule has 0 saturated heterocycles. The van der Waals surface area contributed by atoms with Crippen LogP contribution in [0, 0.1) is 0 Å². The molecular weight excluding hydrogens is 256 g/mol. The molecule has 0 aliphatic heterocycles. The molecule has 0 aliphatic carbocycles. The van der Waals surface area contributed by atoms with Crippen molar-refractivity contribution in [1.82, 2.24) is 10.2 Å². The fourth-order valence-corrected chi connectivity index (χ4v) is 1.74. The van der Waals surface area contributed by atoms with Crippen molar-refractivity contribution in [1.29, 1.82) is 0 Å². The monoisotopic (exact) mass is 278 g/mol. The number of anilines is 1. The molecule has 1 rings (SSSR count). The van der Waals surface area contributed by atoms with Crippen molar-refractivity contribution in [2.24, 2.45) is 5.73 Å². The number of benzene rings is 1. The van der Waals surface area contributed by atoms with E-state index in [0.29, 0.717) is 25.3 Å². The standard InChI is InChI=1S/C14H22N4O2/c1-3-18(4-2)13(19)10-16-14(20)17-12-7-5-11(9-15)6-8-12/h5-8H,3-4,9-10,15H2,1-2H3,(H2,16,17,20). The Labute approximate surface area is 119 Å². The lowest BCUT2D eigenvalue weighted by molar-refractivity contribution is -0.129. The lowest BCUT2D eigenvalue weighted by atomic mass is 10.2. The van der Waals surface area contributed by atoms with Gasteiger partial charge >= 0.3 is 6.03 Å². The number of urea groups is 1. The van der Waals surface area contributed by atoms with Gasteiger partial charge in [0.25, 0.3) is 0 Å². The first-order valence-corrected chi connectivity index (χ1v) is 6.72. The van der Waals surface area contributed by atoms with E-state index in [1.807, 2.05) is 26.0 Å². The Morgan fingerprint density at radius 1 is 1.15 bits per heavy atom. The van der Waals surface area contributed by atoms with Gasteiger partial charge in [-0.05, 0) is 31.5 Å². The van der Waals surface area contributed by atoms with Crippen LogP contribution in [0.25, 0.3) is 0 Å². The number of rotatable bonds is 6. The fourth-order valence-electron chi connectivity index (χ4n) is 1.74. The van der Waals surface area contributed by atoms with Crippen LogP contribution >= 0.6 is 0 Å². The highest BCUT2D eigenvalue weighted by molar-refractivity contribution is 5.92. The second-order valence-corrected chi connectivity index (χ2v) is 4.27. The summed E-state index contributed by atoms with van der Waals surface area (Å²) in [5.74, 6) is -0.0939. The van der Waals surface area contributed by atoms with Crippen LogP contribution in [0.2, 0.25) is 0 Å². The Bertz CT molecular complexity index is 441. The van der Waals surface area contributed by atoms with Crippen molar-refractivity contribution in [3.05, 3.63) is 29.8 Å². The predicted octanol–water partition coefficient (Wildman–Crippen LogP) is 1.14. The SMILES string of the molecule is CCN(CC)C(=O)CNC(=O)Nc1ccc(CN)cc1. The number of likely N-dealkylation sites (N-methyl/N-ethyl adjacent to an activating group) is 1. The second-order valence-electron chi connectivity index (χ2n) is 4.27. The molecule has 0 unspecified atom stereocenters. The minimum absolute atomic E-state index is 0.00556. The van der Waals surface area contributed by atoms with E-state index in [1.54, 1.807) is 17.0 Å². The van der Waals surface area contributed by atoms with Gasteiger partial charge in [0.15, 0.2) is 0 Å². The summed E-state index contributed by atoms with van der Waals surface area (Å²) in [5.41, 5.74) is 7.15. The Hall–Kier alpha value is -2.08. The molecular formula is C14H22N4O2. The molecule has 0 atom stereocenters. The number of carbonyl (C=O) groups excluding carboxylic acids is 2. The minimum atomic E-state index is -0.397. The summed E-state index contributed by atoms with van der Waals surface area (Å²) in [5, 5.41) is 5.20. The Morgan fingerprint density at radius 3 is 2.25 bits per heavy atom. The minimum Gasteiger partial charge on any atom is -0.342 e. The summed E-state index contributed by atoms with van der Waals surface area (Å²) in [6, 6.07) is 6.83. The topological polar surface area (TPSA) is 87.5 Å². The van der Waals surface area contributed by atoms with E-state index in [4.69, 9.17) is 5.73 Å². The van der Waals surface area contributed by atoms with Crippen LogP contribution in [0.4, 0.5) is 10.5 Å². The first-order valence-electron chi connectivity index (χ1n) is 6.72. The van der Waals surface area contributed by atoms with Gasteiger partial charge in [0.1, 0.15) is 0 Å². The van der Waals surface area contributed by atoms with Gasteiger partial charge in [-0.25, -0.2) is 4.79 Å². The average Bonchev–Trinajstić information content (AvgIpc) is 2.47. The molecule has 0 aliphatic rings. The van der Waals surface area contributed by atoms with Gasteiger partial charge in [0.05, 0.1) is 6.54 Å². The van der Waals surface area contributed by atoms with Crippen LogP contribution in [0.5, 0.6) is 0 Å². The van der Waals surface area contributed by atoms with Gasteiger partial charge in [0, 0.05) is 25.3 Å². The van der Waals surface area contributed by atoms with Gasteiger partial charge in [-0.15, -0.1) is 0 Å². The van der Waals surface area contributed by atoms with Crippen molar-refractivity contribution in [3.63, 3.8) is 0 Å². The molecule has 0 aromatic heterocycles. The highest BCUT2D eigenvalue weighted by Gasteiger charge is 2.10. The normalized spacial score (nSPS) is 9.95. The first-order chi connectivity index (χ1) is 9.60. The summed E-state index contributed by atoms with van der Waals surface area (Å²) in [4.78, 5) is 25.0. The van der Waals surface area contributed by atoms with Gasteiger partial charge in [0.2, 0.25) is 5.91 Å². The van der Waals surface area contributed by atoms with Crippen LogP contribution in [0.1, 0.15) is 19.4 Å². The largest absolute Gasteiger partial charge is 0.342 e. The van der Waals surface area contributed by atoms with Crippen molar-refractivity contribution >= 4 is 17.6 Å². The van der Waals surface area contributed by atoms with Crippen molar-refractivity contribution in [3.8, 4) is 0 Å². The molecule has 1 aromatic rings. The second kappa shape index (κ2) is 8.16. The number of nitrogens with zero attached hydrogens (tertiary/aromatic N) is 1. The zero-order valence-electron chi connectivity index (χ0n) is 12.0. The van der Waals surface area contributed by atoms with E-state index >= 15 is 0 Å². The zero-order chi connectivity index (χ0) is 15.0.